The molecule has 2 aromatic carbocycles. The number of hydrogen-bond donors (Lipinski definition) is 2. The summed E-state index contributed by atoms with van der Waals surface area (Å²) in [6.45, 7) is 0. The van der Waals surface area contributed by atoms with Gasteiger partial charge < -0.3 is 14.7 Å². The Morgan fingerprint density at radius 1 is 1.15 bits per heavy atom. The lowest BCUT2D eigenvalue weighted by atomic mass is 10.0. The summed E-state index contributed by atoms with van der Waals surface area (Å²) in [7, 11) is 1.61. The van der Waals surface area contributed by atoms with Gasteiger partial charge in [-0.25, -0.2) is 4.79 Å². The van der Waals surface area contributed by atoms with E-state index < -0.39 is 5.97 Å². The molecule has 5 heteroatoms. The lowest BCUT2D eigenvalue weighted by molar-refractivity contribution is 0.0692. The van der Waals surface area contributed by atoms with Crippen LogP contribution in [0.2, 0.25) is 0 Å². The minimum atomic E-state index is -1.07. The fourth-order valence-electron chi connectivity index (χ4n) is 1.94. The van der Waals surface area contributed by atoms with Crippen LogP contribution < -0.4 is 15.5 Å². The van der Waals surface area contributed by atoms with E-state index in [1.54, 1.807) is 25.3 Å². The minimum Gasteiger partial charge on any atom is -0.497 e. The quantitative estimate of drug-likeness (QED) is 0.816. The Labute approximate surface area is 116 Å². The van der Waals surface area contributed by atoms with Gasteiger partial charge in [0.1, 0.15) is 11.3 Å². The average molecular weight is 273 g/mol. The first-order valence-corrected chi connectivity index (χ1v) is 6.00. The van der Waals surface area contributed by atoms with Gasteiger partial charge in [0, 0.05) is 0 Å². The Morgan fingerprint density at radius 2 is 1.80 bits per heavy atom. The summed E-state index contributed by atoms with van der Waals surface area (Å²) in [5, 5.41) is 9.10. The molecule has 0 fully saturated rings. The lowest BCUT2D eigenvalue weighted by Crippen LogP contribution is -2.08. The van der Waals surface area contributed by atoms with E-state index >= 15 is 0 Å². The molecule has 0 aliphatic rings. The molecule has 20 heavy (non-hydrogen) atoms. The summed E-state index contributed by atoms with van der Waals surface area (Å²) in [6, 6.07) is 12.5. The highest BCUT2D eigenvalue weighted by Gasteiger charge is 2.12. The van der Waals surface area contributed by atoms with E-state index in [0.29, 0.717) is 6.42 Å². The number of carbonyl (C=O) groups is 1. The molecule has 2 rings (SSSR count). The first kappa shape index (κ1) is 13.9. The molecule has 0 unspecified atom stereocenters. The first-order valence-electron chi connectivity index (χ1n) is 6.00. The van der Waals surface area contributed by atoms with E-state index in [1.165, 1.54) is 0 Å². The summed E-state index contributed by atoms with van der Waals surface area (Å²) in [5.74, 6) is 4.91. The van der Waals surface area contributed by atoms with Crippen LogP contribution in [0, 0.1) is 0 Å². The fourth-order valence-corrected chi connectivity index (χ4v) is 1.94. The van der Waals surface area contributed by atoms with Crippen LogP contribution in [0.1, 0.15) is 21.5 Å². The molecular weight excluding hydrogens is 258 g/mol. The molecule has 0 aliphatic heterocycles. The van der Waals surface area contributed by atoms with Crippen LogP contribution >= 0.6 is 0 Å². The predicted molar refractivity (Wildman–Crippen MR) is 74.0 cm³/mol. The van der Waals surface area contributed by atoms with Gasteiger partial charge in [0.15, 0.2) is 5.75 Å². The Kier molecular flexibility index (Phi) is 4.22. The normalized spacial score (nSPS) is 10.1. The monoisotopic (exact) mass is 273 g/mol. The van der Waals surface area contributed by atoms with E-state index in [9.17, 15) is 4.79 Å². The van der Waals surface area contributed by atoms with E-state index in [-0.39, 0.29) is 11.3 Å². The van der Waals surface area contributed by atoms with Gasteiger partial charge in [-0.3, -0.25) is 0 Å². The van der Waals surface area contributed by atoms with Gasteiger partial charge in [0.2, 0.25) is 0 Å². The molecule has 0 bridgehead atoms. The third-order valence-corrected chi connectivity index (χ3v) is 2.97. The minimum absolute atomic E-state index is 0.0542. The summed E-state index contributed by atoms with van der Waals surface area (Å²) in [4.78, 5) is 15.7. The Bertz CT molecular complexity index is 608. The number of ether oxygens (including phenoxy) is 1. The van der Waals surface area contributed by atoms with Crippen LogP contribution in [0.5, 0.6) is 11.5 Å². The Morgan fingerprint density at radius 3 is 2.35 bits per heavy atom. The third kappa shape index (κ3) is 3.07. The Balaban J connectivity index is 2.24. The molecule has 3 N–H and O–H groups in total. The van der Waals surface area contributed by atoms with Crippen molar-refractivity contribution in [1.82, 2.24) is 0 Å². The van der Waals surface area contributed by atoms with E-state index in [1.807, 2.05) is 24.3 Å². The van der Waals surface area contributed by atoms with Crippen LogP contribution in [0.4, 0.5) is 0 Å². The van der Waals surface area contributed by atoms with Crippen molar-refractivity contribution in [2.24, 2.45) is 5.90 Å². The molecule has 0 aromatic heterocycles. The van der Waals surface area contributed by atoms with Crippen LogP contribution in [0.25, 0.3) is 0 Å². The number of aromatic carboxylic acids is 1. The van der Waals surface area contributed by atoms with Crippen molar-refractivity contribution < 1.29 is 19.5 Å². The maximum Gasteiger partial charge on any atom is 0.339 e. The lowest BCUT2D eigenvalue weighted by Gasteiger charge is -2.08. The highest BCUT2D eigenvalue weighted by Crippen LogP contribution is 2.21. The van der Waals surface area contributed by atoms with Crippen molar-refractivity contribution in [2.75, 3.05) is 7.11 Å². The summed E-state index contributed by atoms with van der Waals surface area (Å²) in [6.07, 6.45) is 0.620. The molecular formula is C15H15NO4. The highest BCUT2D eigenvalue weighted by atomic mass is 16.6. The molecule has 5 nitrogen and oxygen atoms in total. The van der Waals surface area contributed by atoms with Crippen molar-refractivity contribution in [3.8, 4) is 11.5 Å². The fraction of sp³-hybridized carbons (Fsp3) is 0.133. The highest BCUT2D eigenvalue weighted by molar-refractivity contribution is 5.91. The molecule has 0 saturated carbocycles. The third-order valence-electron chi connectivity index (χ3n) is 2.97. The zero-order chi connectivity index (χ0) is 14.5. The molecule has 104 valence electrons. The van der Waals surface area contributed by atoms with Crippen LogP contribution in [0.3, 0.4) is 0 Å². The first-order chi connectivity index (χ1) is 9.63. The maximum absolute atomic E-state index is 11.1. The van der Waals surface area contributed by atoms with Gasteiger partial charge in [-0.05, 0) is 41.8 Å². The maximum atomic E-state index is 11.1. The van der Waals surface area contributed by atoms with Gasteiger partial charge >= 0.3 is 5.97 Å². The van der Waals surface area contributed by atoms with E-state index in [2.05, 4.69) is 4.84 Å². The van der Waals surface area contributed by atoms with E-state index in [0.717, 1.165) is 16.9 Å². The van der Waals surface area contributed by atoms with Crippen molar-refractivity contribution in [1.29, 1.82) is 0 Å². The average Bonchev–Trinajstić information content (AvgIpc) is 2.48. The molecule has 0 heterocycles. The van der Waals surface area contributed by atoms with Gasteiger partial charge in [-0.2, -0.15) is 5.90 Å². The SMILES string of the molecule is COc1ccc(Cc2ccc(ON)c(C(=O)O)c2)cc1. The van der Waals surface area contributed by atoms with Crippen molar-refractivity contribution in [2.45, 2.75) is 6.42 Å². The summed E-state index contributed by atoms with van der Waals surface area (Å²) >= 11 is 0. The number of rotatable bonds is 5. The number of benzene rings is 2. The second-order valence-electron chi connectivity index (χ2n) is 4.28. The van der Waals surface area contributed by atoms with E-state index in [4.69, 9.17) is 15.7 Å². The number of hydrogen-bond acceptors (Lipinski definition) is 4. The van der Waals surface area contributed by atoms with Crippen molar-refractivity contribution >= 4 is 5.97 Å². The van der Waals surface area contributed by atoms with Gasteiger partial charge in [0.25, 0.3) is 0 Å². The van der Waals surface area contributed by atoms with Gasteiger partial charge in [-0.15, -0.1) is 0 Å². The summed E-state index contributed by atoms with van der Waals surface area (Å²) in [5.41, 5.74) is 1.98. The topological polar surface area (TPSA) is 81.8 Å². The molecule has 0 atom stereocenters. The van der Waals surface area contributed by atoms with Crippen LogP contribution in [-0.2, 0) is 6.42 Å². The van der Waals surface area contributed by atoms with Gasteiger partial charge in [0.05, 0.1) is 7.11 Å². The second kappa shape index (κ2) is 6.08. The second-order valence-corrected chi connectivity index (χ2v) is 4.28. The van der Waals surface area contributed by atoms with Gasteiger partial charge in [-0.1, -0.05) is 18.2 Å². The van der Waals surface area contributed by atoms with Crippen LogP contribution in [0.15, 0.2) is 42.5 Å². The zero-order valence-electron chi connectivity index (χ0n) is 11.0. The Hall–Kier alpha value is -2.53. The largest absolute Gasteiger partial charge is 0.497 e. The molecule has 0 aliphatic carbocycles. The predicted octanol–water partition coefficient (Wildman–Crippen LogP) is 2.24. The molecule has 0 amide bonds. The molecule has 0 radical (unpaired) electrons. The van der Waals surface area contributed by atoms with Crippen molar-refractivity contribution in [3.63, 3.8) is 0 Å². The summed E-state index contributed by atoms with van der Waals surface area (Å²) < 4.78 is 5.09. The number of methoxy groups -OCH3 is 1. The smallest absolute Gasteiger partial charge is 0.339 e. The van der Waals surface area contributed by atoms with Crippen LogP contribution in [-0.4, -0.2) is 18.2 Å². The number of nitrogens with two attached hydrogens (primary N) is 1. The molecule has 0 spiro atoms. The zero-order valence-corrected chi connectivity index (χ0v) is 11.0. The number of carboxylic acid groups (broad SMARTS) is 1. The molecule has 2 aromatic rings. The number of carboxylic acids is 1. The van der Waals surface area contributed by atoms with Crippen molar-refractivity contribution in [3.05, 3.63) is 59.2 Å². The standard InChI is InChI=1S/C15H15NO4/c1-19-12-5-2-10(3-6-12)8-11-4-7-14(20-16)13(9-11)15(17)18/h2-7,9H,8,16H2,1H3,(H,17,18). The molecule has 0 saturated heterocycles.